The van der Waals surface area contributed by atoms with Gasteiger partial charge in [0.05, 0.1) is 5.39 Å². The molecule has 2 saturated heterocycles. The summed E-state index contributed by atoms with van der Waals surface area (Å²) in [6.07, 6.45) is 10.4. The Bertz CT molecular complexity index is 1230. The number of aromatic nitrogens is 2. The van der Waals surface area contributed by atoms with Gasteiger partial charge < -0.3 is 20.0 Å². The molecule has 0 spiro atoms. The number of piperidine rings is 1. The van der Waals surface area contributed by atoms with Crippen molar-refractivity contribution in [1.29, 1.82) is 0 Å². The Balaban J connectivity index is 1.18. The van der Waals surface area contributed by atoms with E-state index >= 15 is 8.78 Å². The predicted molar refractivity (Wildman–Crippen MR) is 160 cm³/mol. The third-order valence-electron chi connectivity index (χ3n) is 9.41. The molecular formula is C32H46F2N6. The molecule has 1 aromatic heterocycles. The van der Waals surface area contributed by atoms with Crippen molar-refractivity contribution in [2.75, 3.05) is 51.2 Å². The molecule has 3 aliphatic rings. The van der Waals surface area contributed by atoms with Crippen molar-refractivity contribution in [1.82, 2.24) is 24.9 Å². The Kier molecular flexibility index (Phi) is 8.83. The van der Waals surface area contributed by atoms with Crippen LogP contribution in [0.5, 0.6) is 0 Å². The molecular weight excluding hydrogens is 506 g/mol. The van der Waals surface area contributed by atoms with E-state index in [1.165, 1.54) is 43.9 Å². The van der Waals surface area contributed by atoms with E-state index in [4.69, 9.17) is 0 Å². The number of nitrogens with one attached hydrogen (secondary N) is 1. The van der Waals surface area contributed by atoms with Gasteiger partial charge in [0, 0.05) is 69.6 Å². The van der Waals surface area contributed by atoms with E-state index in [1.807, 2.05) is 11.9 Å². The fraction of sp³-hybridized carbons (Fsp3) is 0.594. The van der Waals surface area contributed by atoms with E-state index in [1.54, 1.807) is 17.9 Å². The zero-order chi connectivity index (χ0) is 28.4. The van der Waals surface area contributed by atoms with Crippen LogP contribution in [0.3, 0.4) is 0 Å². The lowest BCUT2D eigenvalue weighted by molar-refractivity contribution is 0.0732. The van der Waals surface area contributed by atoms with E-state index in [0.29, 0.717) is 41.5 Å². The average Bonchev–Trinajstić information content (AvgIpc) is 3.26. The van der Waals surface area contributed by atoms with Gasteiger partial charge in [-0.25, -0.2) is 8.78 Å². The van der Waals surface area contributed by atoms with E-state index < -0.39 is 11.6 Å². The van der Waals surface area contributed by atoms with Crippen LogP contribution in [0.1, 0.15) is 62.8 Å². The zero-order valence-electron chi connectivity index (χ0n) is 24.4. The summed E-state index contributed by atoms with van der Waals surface area (Å²) in [7, 11) is 3.62. The molecule has 218 valence electrons. The maximum Gasteiger partial charge on any atom is 0.158 e. The highest BCUT2D eigenvalue weighted by atomic mass is 19.1. The van der Waals surface area contributed by atoms with E-state index in [2.05, 4.69) is 40.0 Å². The van der Waals surface area contributed by atoms with Gasteiger partial charge in [-0.05, 0) is 62.9 Å². The number of hydrogen-bond donors (Lipinski definition) is 1. The van der Waals surface area contributed by atoms with Crippen molar-refractivity contribution in [3.8, 4) is 0 Å². The monoisotopic (exact) mass is 552 g/mol. The normalized spacial score (nSPS) is 19.6. The summed E-state index contributed by atoms with van der Waals surface area (Å²) in [4.78, 5) is 6.89. The van der Waals surface area contributed by atoms with Crippen LogP contribution < -0.4 is 10.2 Å². The Labute approximate surface area is 238 Å². The second kappa shape index (κ2) is 12.3. The van der Waals surface area contributed by atoms with Gasteiger partial charge >= 0.3 is 0 Å². The Morgan fingerprint density at radius 1 is 1.12 bits per heavy atom. The molecule has 6 nitrogen and oxygen atoms in total. The minimum absolute atomic E-state index is 0.117. The molecule has 2 aliphatic heterocycles. The maximum absolute atomic E-state index is 15.9. The number of halogens is 2. The van der Waals surface area contributed by atoms with Crippen LogP contribution in [-0.2, 0) is 7.05 Å². The van der Waals surface area contributed by atoms with Crippen LogP contribution in [0.15, 0.2) is 43.4 Å². The highest BCUT2D eigenvalue weighted by Crippen LogP contribution is 2.39. The van der Waals surface area contributed by atoms with Crippen molar-refractivity contribution in [3.63, 3.8) is 0 Å². The van der Waals surface area contributed by atoms with E-state index in [0.717, 1.165) is 51.3 Å². The summed E-state index contributed by atoms with van der Waals surface area (Å²) >= 11 is 0. The molecule has 1 aliphatic carbocycles. The fourth-order valence-electron chi connectivity index (χ4n) is 7.02. The lowest BCUT2D eigenvalue weighted by atomic mass is 9.84. The first-order valence-corrected chi connectivity index (χ1v) is 15.0. The van der Waals surface area contributed by atoms with Gasteiger partial charge in [0.25, 0.3) is 0 Å². The number of aryl methyl sites for hydroxylation is 1. The Morgan fingerprint density at radius 2 is 1.82 bits per heavy atom. The van der Waals surface area contributed by atoms with Crippen LogP contribution in [0, 0.1) is 23.5 Å². The molecule has 1 N–H and O–H groups in total. The highest BCUT2D eigenvalue weighted by molar-refractivity contribution is 5.91. The van der Waals surface area contributed by atoms with Crippen molar-refractivity contribution in [3.05, 3.63) is 60.6 Å². The summed E-state index contributed by atoms with van der Waals surface area (Å²) < 4.78 is 33.0. The van der Waals surface area contributed by atoms with Crippen LogP contribution in [0.25, 0.3) is 10.9 Å². The van der Waals surface area contributed by atoms with Crippen LogP contribution >= 0.6 is 0 Å². The number of benzene rings is 1. The minimum atomic E-state index is -0.461. The topological polar surface area (TPSA) is 39.6 Å². The molecule has 40 heavy (non-hydrogen) atoms. The average molecular weight is 553 g/mol. The van der Waals surface area contributed by atoms with Gasteiger partial charge in [-0.3, -0.25) is 4.68 Å². The van der Waals surface area contributed by atoms with Gasteiger partial charge in [0.15, 0.2) is 11.6 Å². The third kappa shape index (κ3) is 5.92. The minimum Gasteiger partial charge on any atom is -0.374 e. The number of rotatable bonds is 11. The molecule has 0 radical (unpaired) electrons. The summed E-state index contributed by atoms with van der Waals surface area (Å²) in [6.45, 7) is 17.7. The van der Waals surface area contributed by atoms with E-state index in [9.17, 15) is 0 Å². The second-order valence-corrected chi connectivity index (χ2v) is 12.2. The fourth-order valence-corrected chi connectivity index (χ4v) is 7.02. The molecule has 3 fully saturated rings. The Hall–Kier alpha value is -2.87. The number of anilines is 1. The molecule has 8 heteroatoms. The van der Waals surface area contributed by atoms with Gasteiger partial charge in [0.2, 0.25) is 0 Å². The number of nitrogens with zero attached hydrogens (tertiary/aromatic N) is 5. The molecule has 0 amide bonds. The predicted octanol–water partition coefficient (Wildman–Crippen LogP) is 6.13. The highest BCUT2D eigenvalue weighted by Gasteiger charge is 2.34. The first-order valence-electron chi connectivity index (χ1n) is 15.0. The summed E-state index contributed by atoms with van der Waals surface area (Å²) in [6, 6.07) is 1.48. The molecule has 3 heterocycles. The number of hydrogen-bond acceptors (Lipinski definition) is 5. The molecule has 0 unspecified atom stereocenters. The molecule has 1 saturated carbocycles. The lowest BCUT2D eigenvalue weighted by Crippen LogP contribution is -2.52. The number of likely N-dealkylation sites (tertiary alicyclic amines) is 2. The largest absolute Gasteiger partial charge is 0.374 e. The number of fused-ring (bicyclic) bond motifs is 1. The zero-order valence-corrected chi connectivity index (χ0v) is 24.4. The molecule has 0 bridgehead atoms. The van der Waals surface area contributed by atoms with Crippen molar-refractivity contribution < 1.29 is 8.78 Å². The second-order valence-electron chi connectivity index (χ2n) is 12.2. The van der Waals surface area contributed by atoms with Crippen molar-refractivity contribution in [2.45, 2.75) is 57.3 Å². The molecule has 5 rings (SSSR count). The standard InChI is InChI=1S/C32H46F2N6/c1-6-35-22(2)12-15-37(4)32-27-18-28(33)29(30(34)31(27)38(5)36-32)26-13-16-39(17-14-26)19-24-20-40(21-24)23(3)25-10-8-7-9-11-25/h6,18,24-26,35H,1-3,7-17,19-21H2,4-5H3. The van der Waals surface area contributed by atoms with Crippen LogP contribution in [0.2, 0.25) is 0 Å². The first kappa shape index (κ1) is 28.7. The quantitative estimate of drug-likeness (QED) is 0.363. The summed E-state index contributed by atoms with van der Waals surface area (Å²) in [5.74, 6) is 0.883. The lowest BCUT2D eigenvalue weighted by Gasteiger charge is -2.47. The van der Waals surface area contributed by atoms with Crippen LogP contribution in [-0.4, -0.2) is 65.9 Å². The van der Waals surface area contributed by atoms with Gasteiger partial charge in [0.1, 0.15) is 11.3 Å². The van der Waals surface area contributed by atoms with Crippen molar-refractivity contribution in [2.24, 2.45) is 18.9 Å². The first-order chi connectivity index (χ1) is 19.3. The third-order valence-corrected chi connectivity index (χ3v) is 9.41. The van der Waals surface area contributed by atoms with E-state index in [-0.39, 0.29) is 11.5 Å². The smallest absolute Gasteiger partial charge is 0.158 e. The molecule has 0 atom stereocenters. The van der Waals surface area contributed by atoms with Crippen molar-refractivity contribution >= 4 is 16.7 Å². The van der Waals surface area contributed by atoms with Gasteiger partial charge in [-0.1, -0.05) is 39.0 Å². The SMILES string of the molecule is C=CNC(=C)CCN(C)c1nn(C)c2c(F)c(C3CCN(CC4CN(C(=C)C5CCCCC5)C4)CC3)c(F)cc12. The Morgan fingerprint density at radius 3 is 2.50 bits per heavy atom. The van der Waals surface area contributed by atoms with Gasteiger partial charge in [-0.15, -0.1) is 0 Å². The number of allylic oxidation sites excluding steroid dienone is 1. The molecule has 2 aromatic rings. The maximum atomic E-state index is 15.9. The summed E-state index contributed by atoms with van der Waals surface area (Å²) in [5.41, 5.74) is 2.78. The van der Waals surface area contributed by atoms with Crippen LogP contribution in [0.4, 0.5) is 14.6 Å². The van der Waals surface area contributed by atoms with Gasteiger partial charge in [-0.2, -0.15) is 5.10 Å². The molecule has 1 aromatic carbocycles. The summed E-state index contributed by atoms with van der Waals surface area (Å²) in [5, 5.41) is 8.05.